The van der Waals surface area contributed by atoms with Crippen LogP contribution in [0.2, 0.25) is 0 Å². The van der Waals surface area contributed by atoms with Crippen molar-refractivity contribution in [2.24, 2.45) is 5.73 Å². The molecule has 1 heterocycles. The van der Waals surface area contributed by atoms with Gasteiger partial charge in [-0.25, -0.2) is 18.6 Å². The molecule has 6 heteroatoms. The zero-order valence-corrected chi connectivity index (χ0v) is 8.96. The summed E-state index contributed by atoms with van der Waals surface area (Å²) in [7, 11) is 1.12. The molecule has 4 nitrogen and oxygen atoms in total. The van der Waals surface area contributed by atoms with Gasteiger partial charge in [-0.15, -0.1) is 0 Å². The Morgan fingerprint density at radius 1 is 1.62 bits per heavy atom. The number of hydrogen-bond acceptors (Lipinski definition) is 4. The average Bonchev–Trinajstić information content (AvgIpc) is 2.26. The summed E-state index contributed by atoms with van der Waals surface area (Å²) < 4.78 is 30.0. The van der Waals surface area contributed by atoms with Crippen molar-refractivity contribution in [2.45, 2.75) is 19.9 Å². The highest BCUT2D eigenvalue weighted by Gasteiger charge is 2.24. The molecule has 16 heavy (non-hydrogen) atoms. The number of nitrogens with zero attached hydrogens (tertiary/aromatic N) is 1. The lowest BCUT2D eigenvalue weighted by atomic mass is 10.0. The fraction of sp³-hybridized carbons (Fsp3) is 0.400. The van der Waals surface area contributed by atoms with Gasteiger partial charge in [-0.05, 0) is 18.1 Å². The molecule has 1 aromatic heterocycles. The van der Waals surface area contributed by atoms with E-state index in [1.54, 1.807) is 0 Å². The van der Waals surface area contributed by atoms with Gasteiger partial charge in [0.25, 0.3) is 6.43 Å². The number of alkyl halides is 2. The molecule has 0 saturated heterocycles. The van der Waals surface area contributed by atoms with Crippen molar-refractivity contribution in [3.05, 3.63) is 28.6 Å². The van der Waals surface area contributed by atoms with Crippen LogP contribution < -0.4 is 5.73 Å². The standard InChI is InChI=1S/C10H12F2N2O2/c1-5-6(3-13)4-14-8(10(15)16-2)7(5)9(11)12/h4,9H,3,13H2,1-2H3. The zero-order valence-electron chi connectivity index (χ0n) is 8.96. The van der Waals surface area contributed by atoms with Crippen LogP contribution in [-0.2, 0) is 11.3 Å². The Balaban J connectivity index is 3.40. The number of aromatic nitrogens is 1. The fourth-order valence-electron chi connectivity index (χ4n) is 1.39. The van der Waals surface area contributed by atoms with Crippen LogP contribution in [0.25, 0.3) is 0 Å². The lowest BCUT2D eigenvalue weighted by molar-refractivity contribution is 0.0581. The fourth-order valence-corrected chi connectivity index (χ4v) is 1.39. The van der Waals surface area contributed by atoms with Gasteiger partial charge in [-0.2, -0.15) is 0 Å². The molecule has 0 aliphatic carbocycles. The number of esters is 1. The minimum absolute atomic E-state index is 0.0972. The van der Waals surface area contributed by atoms with Gasteiger partial charge in [0.15, 0.2) is 5.69 Å². The van der Waals surface area contributed by atoms with Crippen molar-refractivity contribution in [1.82, 2.24) is 4.98 Å². The average molecular weight is 230 g/mol. The van der Waals surface area contributed by atoms with Gasteiger partial charge in [-0.3, -0.25) is 0 Å². The van der Waals surface area contributed by atoms with Crippen molar-refractivity contribution in [2.75, 3.05) is 7.11 Å². The number of halogens is 2. The lowest BCUT2D eigenvalue weighted by Gasteiger charge is -2.12. The van der Waals surface area contributed by atoms with E-state index >= 15 is 0 Å². The van der Waals surface area contributed by atoms with E-state index in [0.717, 1.165) is 7.11 Å². The normalized spacial score (nSPS) is 10.6. The van der Waals surface area contributed by atoms with Gasteiger partial charge >= 0.3 is 5.97 Å². The Morgan fingerprint density at radius 2 is 2.25 bits per heavy atom. The molecule has 1 aromatic rings. The molecule has 0 atom stereocenters. The number of ether oxygens (including phenoxy) is 1. The highest BCUT2D eigenvalue weighted by atomic mass is 19.3. The van der Waals surface area contributed by atoms with Gasteiger partial charge in [0.2, 0.25) is 0 Å². The molecule has 0 spiro atoms. The van der Waals surface area contributed by atoms with Gasteiger partial charge in [0.1, 0.15) is 0 Å². The number of rotatable bonds is 3. The Morgan fingerprint density at radius 3 is 2.69 bits per heavy atom. The first-order valence-corrected chi connectivity index (χ1v) is 4.57. The third-order valence-electron chi connectivity index (χ3n) is 2.31. The smallest absolute Gasteiger partial charge is 0.357 e. The molecule has 0 aliphatic rings. The van der Waals surface area contributed by atoms with Crippen molar-refractivity contribution >= 4 is 5.97 Å². The van der Waals surface area contributed by atoms with Crippen molar-refractivity contribution < 1.29 is 18.3 Å². The van der Waals surface area contributed by atoms with E-state index < -0.39 is 18.0 Å². The van der Waals surface area contributed by atoms with Gasteiger partial charge in [0.05, 0.1) is 12.7 Å². The van der Waals surface area contributed by atoms with Gasteiger partial charge in [-0.1, -0.05) is 0 Å². The van der Waals surface area contributed by atoms with Crippen molar-refractivity contribution in [1.29, 1.82) is 0 Å². The van der Waals surface area contributed by atoms with Crippen LogP contribution in [0.4, 0.5) is 8.78 Å². The largest absolute Gasteiger partial charge is 0.464 e. The molecule has 0 saturated carbocycles. The van der Waals surface area contributed by atoms with Crippen LogP contribution in [-0.4, -0.2) is 18.1 Å². The first kappa shape index (κ1) is 12.5. The minimum Gasteiger partial charge on any atom is -0.464 e. The summed E-state index contributed by atoms with van der Waals surface area (Å²) in [6.45, 7) is 1.58. The Kier molecular flexibility index (Phi) is 3.89. The van der Waals surface area contributed by atoms with E-state index in [1.165, 1.54) is 13.1 Å². The number of methoxy groups -OCH3 is 1. The summed E-state index contributed by atoms with van der Waals surface area (Å²) in [4.78, 5) is 14.9. The Bertz CT molecular complexity index is 408. The summed E-state index contributed by atoms with van der Waals surface area (Å²) in [6, 6.07) is 0. The van der Waals surface area contributed by atoms with E-state index in [-0.39, 0.29) is 17.8 Å². The van der Waals surface area contributed by atoms with Crippen molar-refractivity contribution in [3.8, 4) is 0 Å². The molecule has 0 aliphatic heterocycles. The molecule has 2 N–H and O–H groups in total. The topological polar surface area (TPSA) is 65.2 Å². The third-order valence-corrected chi connectivity index (χ3v) is 2.31. The molecule has 1 rings (SSSR count). The van der Waals surface area contributed by atoms with Crippen LogP contribution >= 0.6 is 0 Å². The minimum atomic E-state index is -2.78. The molecule has 88 valence electrons. The molecule has 0 radical (unpaired) electrons. The number of carbonyl (C=O) groups excluding carboxylic acids is 1. The first-order valence-electron chi connectivity index (χ1n) is 4.57. The van der Waals surface area contributed by atoms with E-state index in [9.17, 15) is 13.6 Å². The molecular weight excluding hydrogens is 218 g/mol. The monoisotopic (exact) mass is 230 g/mol. The third kappa shape index (κ3) is 2.16. The number of hydrogen-bond donors (Lipinski definition) is 1. The van der Waals surface area contributed by atoms with E-state index in [0.29, 0.717) is 5.56 Å². The van der Waals surface area contributed by atoms with Crippen LogP contribution in [0.3, 0.4) is 0 Å². The van der Waals surface area contributed by atoms with Gasteiger partial charge in [0, 0.05) is 12.7 Å². The Labute approximate surface area is 91.4 Å². The molecule has 0 amide bonds. The summed E-state index contributed by atoms with van der Waals surface area (Å²) >= 11 is 0. The van der Waals surface area contributed by atoms with Gasteiger partial charge < -0.3 is 10.5 Å². The maximum Gasteiger partial charge on any atom is 0.357 e. The summed E-state index contributed by atoms with van der Waals surface area (Å²) in [6.07, 6.45) is -1.47. The molecule has 0 fully saturated rings. The first-order chi connectivity index (χ1) is 7.52. The van der Waals surface area contributed by atoms with E-state index in [4.69, 9.17) is 5.73 Å². The summed E-state index contributed by atoms with van der Waals surface area (Å²) in [5.41, 5.74) is 5.39. The van der Waals surface area contributed by atoms with Crippen LogP contribution in [0.1, 0.15) is 33.6 Å². The second kappa shape index (κ2) is 4.98. The predicted octanol–water partition coefficient (Wildman–Crippen LogP) is 1.57. The highest BCUT2D eigenvalue weighted by molar-refractivity contribution is 5.89. The maximum absolute atomic E-state index is 12.8. The van der Waals surface area contributed by atoms with Crippen LogP contribution in [0, 0.1) is 6.92 Å². The lowest BCUT2D eigenvalue weighted by Crippen LogP contribution is -2.13. The quantitative estimate of drug-likeness (QED) is 0.800. The number of carbonyl (C=O) groups is 1. The molecule has 0 bridgehead atoms. The Hall–Kier alpha value is -1.56. The van der Waals surface area contributed by atoms with E-state index in [2.05, 4.69) is 9.72 Å². The molecular formula is C10H12F2N2O2. The number of nitrogens with two attached hydrogens (primary N) is 1. The maximum atomic E-state index is 12.8. The number of pyridine rings is 1. The zero-order chi connectivity index (χ0) is 12.3. The second-order valence-electron chi connectivity index (χ2n) is 3.17. The summed E-state index contributed by atoms with van der Waals surface area (Å²) in [5.74, 6) is -0.873. The van der Waals surface area contributed by atoms with E-state index in [1.807, 2.05) is 0 Å². The predicted molar refractivity (Wildman–Crippen MR) is 53.2 cm³/mol. The highest BCUT2D eigenvalue weighted by Crippen LogP contribution is 2.27. The SMILES string of the molecule is COC(=O)c1ncc(CN)c(C)c1C(F)F. The van der Waals surface area contributed by atoms with Crippen LogP contribution in [0.5, 0.6) is 0 Å². The van der Waals surface area contributed by atoms with Crippen molar-refractivity contribution in [3.63, 3.8) is 0 Å². The molecule has 0 aromatic carbocycles. The second-order valence-corrected chi connectivity index (χ2v) is 3.17. The van der Waals surface area contributed by atoms with Crippen LogP contribution in [0.15, 0.2) is 6.20 Å². The molecule has 0 unspecified atom stereocenters. The summed E-state index contributed by atoms with van der Waals surface area (Å²) in [5, 5.41) is 0.